The number of non-ortho nitro benzene ring substituents is 1. The molecule has 1 saturated heterocycles. The second kappa shape index (κ2) is 7.53. The number of thioether (sulfide) groups is 1. The molecule has 0 aromatic heterocycles. The molecule has 1 heterocycles. The number of carbonyl (C=O) groups is 1. The second-order valence-electron chi connectivity index (χ2n) is 5.74. The number of rotatable bonds is 4. The fraction of sp³-hybridized carbons (Fsp3) is 0.158. The van der Waals surface area contributed by atoms with Crippen molar-refractivity contribution < 1.29 is 9.72 Å². The fourth-order valence-electron chi connectivity index (χ4n) is 2.45. The number of hydrogen-bond donors (Lipinski definition) is 0. The van der Waals surface area contributed by atoms with E-state index in [4.69, 9.17) is 0 Å². The van der Waals surface area contributed by atoms with Crippen LogP contribution in [-0.4, -0.2) is 27.9 Å². The lowest BCUT2D eigenvalue weighted by Crippen LogP contribution is -2.23. The van der Waals surface area contributed by atoms with Gasteiger partial charge in [0.25, 0.3) is 11.6 Å². The van der Waals surface area contributed by atoms with E-state index >= 15 is 0 Å². The summed E-state index contributed by atoms with van der Waals surface area (Å²) in [4.78, 5) is 29.4. The Morgan fingerprint density at radius 2 is 1.96 bits per heavy atom. The van der Waals surface area contributed by atoms with Crippen LogP contribution in [0.25, 0.3) is 6.08 Å². The molecule has 1 aliphatic heterocycles. The number of hydrogen-bond acceptors (Lipinski definition) is 5. The summed E-state index contributed by atoms with van der Waals surface area (Å²) < 4.78 is 0. The number of amides is 1. The molecule has 2 aromatic carbocycles. The van der Waals surface area contributed by atoms with Gasteiger partial charge in [-0.15, -0.1) is 0 Å². The van der Waals surface area contributed by atoms with E-state index in [-0.39, 0.29) is 11.6 Å². The Bertz CT molecular complexity index is 920. The summed E-state index contributed by atoms with van der Waals surface area (Å²) in [5.41, 5.74) is 2.61. The molecular weight excluding hydrogens is 350 g/mol. The highest BCUT2D eigenvalue weighted by Crippen LogP contribution is 2.33. The predicted molar refractivity (Wildman–Crippen MR) is 104 cm³/mol. The molecule has 0 aliphatic carbocycles. The lowest BCUT2D eigenvalue weighted by atomic mass is 10.2. The third-order valence-electron chi connectivity index (χ3n) is 3.95. The van der Waals surface area contributed by atoms with Crippen molar-refractivity contribution in [3.05, 3.63) is 74.7 Å². The van der Waals surface area contributed by atoms with Crippen molar-refractivity contribution >= 4 is 40.3 Å². The molecule has 1 aliphatic rings. The Morgan fingerprint density at radius 1 is 1.23 bits per heavy atom. The highest BCUT2D eigenvalue weighted by atomic mass is 32.2. The smallest absolute Gasteiger partial charge is 0.270 e. The Balaban J connectivity index is 1.87. The lowest BCUT2D eigenvalue weighted by molar-refractivity contribution is -0.384. The molecule has 1 amide bonds. The van der Waals surface area contributed by atoms with Crippen LogP contribution in [0.5, 0.6) is 0 Å². The normalized spacial score (nSPS) is 17.3. The number of nitro benzene ring substituents is 1. The van der Waals surface area contributed by atoms with E-state index in [0.717, 1.165) is 12.1 Å². The van der Waals surface area contributed by atoms with Crippen LogP contribution in [0, 0.1) is 10.1 Å². The van der Waals surface area contributed by atoms with E-state index in [0.29, 0.717) is 15.6 Å². The third-order valence-corrected chi connectivity index (χ3v) is 5.01. The first-order valence-corrected chi connectivity index (χ1v) is 8.89. The molecule has 132 valence electrons. The van der Waals surface area contributed by atoms with Crippen LogP contribution in [0.1, 0.15) is 18.1 Å². The molecule has 3 rings (SSSR count). The SMILES string of the molecule is CCc1ccc(N=C2S/C(=C/c3cccc([N+](=O)[O-])c3)C(=O)N2C)cc1. The van der Waals surface area contributed by atoms with Gasteiger partial charge in [-0.05, 0) is 47.5 Å². The largest absolute Gasteiger partial charge is 0.290 e. The van der Waals surface area contributed by atoms with E-state index in [1.165, 1.54) is 34.4 Å². The van der Waals surface area contributed by atoms with Crippen LogP contribution < -0.4 is 0 Å². The first-order chi connectivity index (χ1) is 12.5. The monoisotopic (exact) mass is 367 g/mol. The summed E-state index contributed by atoms with van der Waals surface area (Å²) >= 11 is 1.26. The molecule has 0 radical (unpaired) electrons. The van der Waals surface area contributed by atoms with E-state index in [2.05, 4.69) is 11.9 Å². The summed E-state index contributed by atoms with van der Waals surface area (Å²) in [6, 6.07) is 14.1. The van der Waals surface area contributed by atoms with Gasteiger partial charge < -0.3 is 0 Å². The molecule has 0 unspecified atom stereocenters. The molecule has 7 heteroatoms. The van der Waals surface area contributed by atoms with Crippen LogP contribution in [0.4, 0.5) is 11.4 Å². The number of amidine groups is 1. The van der Waals surface area contributed by atoms with Crippen molar-refractivity contribution in [2.45, 2.75) is 13.3 Å². The maximum atomic E-state index is 12.5. The highest BCUT2D eigenvalue weighted by molar-refractivity contribution is 8.18. The zero-order valence-corrected chi connectivity index (χ0v) is 15.2. The number of benzene rings is 2. The number of nitro groups is 1. The van der Waals surface area contributed by atoms with E-state index < -0.39 is 4.92 Å². The highest BCUT2D eigenvalue weighted by Gasteiger charge is 2.30. The van der Waals surface area contributed by atoms with Gasteiger partial charge in [0, 0.05) is 19.2 Å². The summed E-state index contributed by atoms with van der Waals surface area (Å²) in [6.45, 7) is 2.09. The average molecular weight is 367 g/mol. The maximum Gasteiger partial charge on any atom is 0.270 e. The van der Waals surface area contributed by atoms with Gasteiger partial charge in [0.1, 0.15) is 0 Å². The first-order valence-electron chi connectivity index (χ1n) is 8.07. The van der Waals surface area contributed by atoms with Gasteiger partial charge in [-0.3, -0.25) is 19.8 Å². The van der Waals surface area contributed by atoms with Gasteiger partial charge >= 0.3 is 0 Å². The Labute approximate surface area is 155 Å². The quantitative estimate of drug-likeness (QED) is 0.456. The minimum absolute atomic E-state index is 0.00643. The molecule has 0 bridgehead atoms. The predicted octanol–water partition coefficient (Wildman–Crippen LogP) is 4.39. The molecule has 0 spiro atoms. The minimum Gasteiger partial charge on any atom is -0.290 e. The van der Waals surface area contributed by atoms with Crippen LogP contribution in [0.15, 0.2) is 58.4 Å². The van der Waals surface area contributed by atoms with E-state index in [1.54, 1.807) is 25.3 Å². The van der Waals surface area contributed by atoms with Crippen molar-refractivity contribution in [2.24, 2.45) is 4.99 Å². The van der Waals surface area contributed by atoms with Crippen LogP contribution in [0.3, 0.4) is 0 Å². The summed E-state index contributed by atoms with van der Waals surface area (Å²) in [6.07, 6.45) is 2.61. The summed E-state index contributed by atoms with van der Waals surface area (Å²) in [5, 5.41) is 11.5. The van der Waals surface area contributed by atoms with Gasteiger partial charge in [-0.25, -0.2) is 4.99 Å². The van der Waals surface area contributed by atoms with E-state index in [1.807, 2.05) is 24.3 Å². The standard InChI is InChI=1S/C19H17N3O3S/c1-3-13-7-9-15(10-8-13)20-19-21(2)18(23)17(26-19)12-14-5-4-6-16(11-14)22(24)25/h4-12H,3H2,1-2H3/b17-12+,20-19?. The number of likely N-dealkylation sites (N-methyl/N-ethyl adjacent to an activating group) is 1. The zero-order valence-electron chi connectivity index (χ0n) is 14.4. The molecule has 2 aromatic rings. The van der Waals surface area contributed by atoms with Gasteiger partial charge in [0.2, 0.25) is 0 Å². The van der Waals surface area contributed by atoms with Crippen LogP contribution >= 0.6 is 11.8 Å². The number of carbonyl (C=O) groups excluding carboxylic acids is 1. The molecule has 0 N–H and O–H groups in total. The molecular formula is C19H17N3O3S. The fourth-order valence-corrected chi connectivity index (χ4v) is 3.43. The van der Waals surface area contributed by atoms with Gasteiger partial charge in [0.05, 0.1) is 15.5 Å². The van der Waals surface area contributed by atoms with Crippen molar-refractivity contribution in [2.75, 3.05) is 7.05 Å². The lowest BCUT2D eigenvalue weighted by Gasteiger charge is -2.07. The van der Waals surface area contributed by atoms with Gasteiger partial charge in [0.15, 0.2) is 5.17 Å². The number of aliphatic imine (C=N–C) groups is 1. The molecule has 0 atom stereocenters. The summed E-state index contributed by atoms with van der Waals surface area (Å²) in [5.74, 6) is -0.176. The van der Waals surface area contributed by atoms with Crippen molar-refractivity contribution in [1.29, 1.82) is 0 Å². The third kappa shape index (κ3) is 3.83. The number of aryl methyl sites for hydroxylation is 1. The molecule has 1 fully saturated rings. The summed E-state index contributed by atoms with van der Waals surface area (Å²) in [7, 11) is 1.67. The Hall–Kier alpha value is -2.93. The van der Waals surface area contributed by atoms with Crippen LogP contribution in [0.2, 0.25) is 0 Å². The Morgan fingerprint density at radius 3 is 2.62 bits per heavy atom. The minimum atomic E-state index is -0.454. The van der Waals surface area contributed by atoms with Crippen molar-refractivity contribution in [3.63, 3.8) is 0 Å². The zero-order chi connectivity index (χ0) is 18.7. The first kappa shape index (κ1) is 17.9. The molecule has 26 heavy (non-hydrogen) atoms. The van der Waals surface area contributed by atoms with Crippen molar-refractivity contribution in [3.8, 4) is 0 Å². The average Bonchev–Trinajstić information content (AvgIpc) is 2.90. The second-order valence-corrected chi connectivity index (χ2v) is 6.75. The number of nitrogens with zero attached hydrogens (tertiary/aromatic N) is 3. The van der Waals surface area contributed by atoms with Crippen molar-refractivity contribution in [1.82, 2.24) is 4.90 Å². The molecule has 6 nitrogen and oxygen atoms in total. The van der Waals surface area contributed by atoms with Gasteiger partial charge in [-0.1, -0.05) is 31.2 Å². The van der Waals surface area contributed by atoms with E-state index in [9.17, 15) is 14.9 Å². The topological polar surface area (TPSA) is 75.8 Å². The molecule has 0 saturated carbocycles. The Kier molecular flexibility index (Phi) is 5.18. The van der Waals surface area contributed by atoms with Crippen LogP contribution in [-0.2, 0) is 11.2 Å². The van der Waals surface area contributed by atoms with Gasteiger partial charge in [-0.2, -0.15) is 0 Å². The maximum absolute atomic E-state index is 12.5.